The van der Waals surface area contributed by atoms with Crippen LogP contribution in [0.5, 0.6) is 5.75 Å². The maximum absolute atomic E-state index is 12.1. The number of benzene rings is 1. The molecule has 1 amide bonds. The molecule has 1 fully saturated rings. The zero-order valence-electron chi connectivity index (χ0n) is 14.7. The van der Waals surface area contributed by atoms with E-state index in [9.17, 15) is 13.2 Å². The van der Waals surface area contributed by atoms with Crippen LogP contribution in [0.1, 0.15) is 19.8 Å². The molecule has 0 aromatic heterocycles. The van der Waals surface area contributed by atoms with Crippen LogP contribution >= 0.6 is 0 Å². The first kappa shape index (κ1) is 19.5. The molecule has 1 heterocycles. The van der Waals surface area contributed by atoms with Gasteiger partial charge in [0.05, 0.1) is 25.1 Å². The largest absolute Gasteiger partial charge is 0.494 e. The Kier molecular flexibility index (Phi) is 7.07. The van der Waals surface area contributed by atoms with Gasteiger partial charge in [0.15, 0.2) is 0 Å². The fraction of sp³-hybridized carbons (Fsp3) is 0.588. The van der Waals surface area contributed by atoms with Crippen molar-refractivity contribution in [3.63, 3.8) is 0 Å². The normalized spacial score (nSPS) is 15.6. The number of carbonyl (C=O) groups excluding carboxylic acids is 1. The number of ether oxygens (including phenoxy) is 2. The molecule has 1 saturated heterocycles. The molecule has 1 aromatic carbocycles. The van der Waals surface area contributed by atoms with Crippen LogP contribution in [-0.2, 0) is 19.6 Å². The van der Waals surface area contributed by atoms with Crippen molar-refractivity contribution in [3.05, 3.63) is 24.3 Å². The topological polar surface area (TPSA) is 84.9 Å². The second-order valence-corrected chi connectivity index (χ2v) is 7.85. The van der Waals surface area contributed by atoms with Crippen molar-refractivity contribution in [1.29, 1.82) is 0 Å². The summed E-state index contributed by atoms with van der Waals surface area (Å²) in [5, 5.41) is 2.83. The first-order chi connectivity index (χ1) is 11.9. The molecular formula is C17H26N2O5S. The lowest BCUT2D eigenvalue weighted by Crippen LogP contribution is -2.41. The molecule has 1 N–H and O–H groups in total. The second-order valence-electron chi connectivity index (χ2n) is 5.94. The third kappa shape index (κ3) is 5.89. The first-order valence-electron chi connectivity index (χ1n) is 8.48. The van der Waals surface area contributed by atoms with E-state index < -0.39 is 10.0 Å². The standard InChI is InChI=1S/C17H26N2O5S/c1-3-24-16-6-4-15(5-7-16)19(25(2,21)22)11-10-18-17(20)14-8-12-23-13-9-14/h4-7,14H,3,8-13H2,1-2H3,(H,18,20). The monoisotopic (exact) mass is 370 g/mol. The zero-order chi connectivity index (χ0) is 18.3. The van der Waals surface area contributed by atoms with Crippen LogP contribution in [0.15, 0.2) is 24.3 Å². The molecule has 25 heavy (non-hydrogen) atoms. The predicted molar refractivity (Wildman–Crippen MR) is 96.4 cm³/mol. The first-order valence-corrected chi connectivity index (χ1v) is 10.3. The van der Waals surface area contributed by atoms with E-state index in [1.807, 2.05) is 6.92 Å². The Labute approximate surface area is 149 Å². The van der Waals surface area contributed by atoms with Gasteiger partial charge >= 0.3 is 0 Å². The molecule has 0 aliphatic carbocycles. The fourth-order valence-electron chi connectivity index (χ4n) is 2.75. The SMILES string of the molecule is CCOc1ccc(N(CCNC(=O)C2CCOCC2)S(C)(=O)=O)cc1. The van der Waals surface area contributed by atoms with E-state index in [-0.39, 0.29) is 24.9 Å². The summed E-state index contributed by atoms with van der Waals surface area (Å²) in [4.78, 5) is 12.1. The van der Waals surface area contributed by atoms with Gasteiger partial charge in [0.25, 0.3) is 0 Å². The minimum absolute atomic E-state index is 0.0385. The number of carbonyl (C=O) groups is 1. The summed E-state index contributed by atoms with van der Waals surface area (Å²) in [6.45, 7) is 4.07. The number of hydrogen-bond donors (Lipinski definition) is 1. The number of rotatable bonds is 8. The lowest BCUT2D eigenvalue weighted by molar-refractivity contribution is -0.127. The Morgan fingerprint density at radius 2 is 1.92 bits per heavy atom. The molecule has 1 aromatic rings. The highest BCUT2D eigenvalue weighted by molar-refractivity contribution is 7.92. The van der Waals surface area contributed by atoms with Crippen LogP contribution in [0.4, 0.5) is 5.69 Å². The second kappa shape index (κ2) is 9.05. The van der Waals surface area contributed by atoms with Crippen LogP contribution in [0.3, 0.4) is 0 Å². The van der Waals surface area contributed by atoms with Gasteiger partial charge in [-0.25, -0.2) is 8.42 Å². The van der Waals surface area contributed by atoms with Crippen molar-refractivity contribution in [1.82, 2.24) is 5.32 Å². The lowest BCUT2D eigenvalue weighted by Gasteiger charge is -2.24. The van der Waals surface area contributed by atoms with E-state index in [4.69, 9.17) is 9.47 Å². The minimum Gasteiger partial charge on any atom is -0.494 e. The number of nitrogens with zero attached hydrogens (tertiary/aromatic N) is 1. The number of nitrogens with one attached hydrogen (secondary N) is 1. The van der Waals surface area contributed by atoms with Gasteiger partial charge < -0.3 is 14.8 Å². The summed E-state index contributed by atoms with van der Waals surface area (Å²) < 4.78 is 36.1. The summed E-state index contributed by atoms with van der Waals surface area (Å²) in [7, 11) is -3.44. The van der Waals surface area contributed by atoms with Crippen molar-refractivity contribution in [2.75, 3.05) is 43.5 Å². The Morgan fingerprint density at radius 1 is 1.28 bits per heavy atom. The average molecular weight is 370 g/mol. The van der Waals surface area contributed by atoms with Crippen molar-refractivity contribution in [3.8, 4) is 5.75 Å². The van der Waals surface area contributed by atoms with E-state index in [2.05, 4.69) is 5.32 Å². The number of hydrogen-bond acceptors (Lipinski definition) is 5. The molecular weight excluding hydrogens is 344 g/mol. The van der Waals surface area contributed by atoms with Crippen molar-refractivity contribution in [2.24, 2.45) is 5.92 Å². The molecule has 0 spiro atoms. The highest BCUT2D eigenvalue weighted by atomic mass is 32.2. The minimum atomic E-state index is -3.44. The maximum atomic E-state index is 12.1. The Balaban J connectivity index is 1.95. The molecule has 0 bridgehead atoms. The van der Waals surface area contributed by atoms with Crippen molar-refractivity contribution in [2.45, 2.75) is 19.8 Å². The predicted octanol–water partition coefficient (Wildman–Crippen LogP) is 1.39. The Bertz CT molecular complexity index is 654. The van der Waals surface area contributed by atoms with Crippen LogP contribution in [0.2, 0.25) is 0 Å². The molecule has 1 aliphatic heterocycles. The highest BCUT2D eigenvalue weighted by Crippen LogP contribution is 2.21. The van der Waals surface area contributed by atoms with E-state index in [1.54, 1.807) is 24.3 Å². The van der Waals surface area contributed by atoms with E-state index in [0.29, 0.717) is 44.1 Å². The Hall–Kier alpha value is -1.80. The third-order valence-electron chi connectivity index (χ3n) is 4.04. The summed E-state index contributed by atoms with van der Waals surface area (Å²) in [5.74, 6) is 0.599. The van der Waals surface area contributed by atoms with Crippen LogP contribution in [0.25, 0.3) is 0 Å². The fourth-order valence-corrected chi connectivity index (χ4v) is 3.67. The smallest absolute Gasteiger partial charge is 0.232 e. The van der Waals surface area contributed by atoms with E-state index >= 15 is 0 Å². The molecule has 8 heteroatoms. The van der Waals surface area contributed by atoms with E-state index in [1.165, 1.54) is 4.31 Å². The summed E-state index contributed by atoms with van der Waals surface area (Å²) in [6, 6.07) is 6.87. The average Bonchev–Trinajstić information content (AvgIpc) is 2.59. The van der Waals surface area contributed by atoms with Gasteiger partial charge in [0.2, 0.25) is 15.9 Å². The van der Waals surface area contributed by atoms with Gasteiger partial charge in [0, 0.05) is 25.7 Å². The molecule has 0 unspecified atom stereocenters. The molecule has 1 aliphatic rings. The zero-order valence-corrected chi connectivity index (χ0v) is 15.5. The highest BCUT2D eigenvalue weighted by Gasteiger charge is 2.22. The third-order valence-corrected chi connectivity index (χ3v) is 5.24. The maximum Gasteiger partial charge on any atom is 0.232 e. The number of sulfonamides is 1. The van der Waals surface area contributed by atoms with Gasteiger partial charge in [-0.05, 0) is 44.0 Å². The van der Waals surface area contributed by atoms with Gasteiger partial charge in [-0.15, -0.1) is 0 Å². The summed E-state index contributed by atoms with van der Waals surface area (Å²) >= 11 is 0. The summed E-state index contributed by atoms with van der Waals surface area (Å²) in [5.41, 5.74) is 0.547. The molecule has 0 radical (unpaired) electrons. The quantitative estimate of drug-likeness (QED) is 0.748. The number of anilines is 1. The molecule has 0 saturated carbocycles. The van der Waals surface area contributed by atoms with Crippen LogP contribution < -0.4 is 14.4 Å². The van der Waals surface area contributed by atoms with Gasteiger partial charge in [-0.1, -0.05) is 0 Å². The molecule has 0 atom stereocenters. The molecule has 140 valence electrons. The van der Waals surface area contributed by atoms with Gasteiger partial charge in [-0.3, -0.25) is 9.10 Å². The number of amides is 1. The Morgan fingerprint density at radius 3 is 2.48 bits per heavy atom. The van der Waals surface area contributed by atoms with Crippen LogP contribution in [0, 0.1) is 5.92 Å². The van der Waals surface area contributed by atoms with E-state index in [0.717, 1.165) is 6.26 Å². The molecule has 2 rings (SSSR count). The summed E-state index contributed by atoms with van der Waals surface area (Å²) in [6.07, 6.45) is 2.57. The lowest BCUT2D eigenvalue weighted by atomic mass is 9.99. The van der Waals surface area contributed by atoms with Crippen molar-refractivity contribution >= 4 is 21.6 Å². The van der Waals surface area contributed by atoms with Gasteiger partial charge in [-0.2, -0.15) is 0 Å². The van der Waals surface area contributed by atoms with Crippen molar-refractivity contribution < 1.29 is 22.7 Å². The van der Waals surface area contributed by atoms with Gasteiger partial charge in [0.1, 0.15) is 5.75 Å². The van der Waals surface area contributed by atoms with Crippen LogP contribution in [-0.4, -0.2) is 53.5 Å². The molecule has 7 nitrogen and oxygen atoms in total.